The van der Waals surface area contributed by atoms with Crippen LogP contribution in [0.2, 0.25) is 0 Å². The molecule has 0 unspecified atom stereocenters. The molecule has 52 heavy (non-hydrogen) atoms. The van der Waals surface area contributed by atoms with Crippen molar-refractivity contribution in [2.24, 2.45) is 0 Å². The summed E-state index contributed by atoms with van der Waals surface area (Å²) in [5.74, 6) is 3.38. The monoisotopic (exact) mass is 876 g/mol. The summed E-state index contributed by atoms with van der Waals surface area (Å²) in [5, 5.41) is 0. The standard InChI is InChI=1S/C22H20BrF3N2O2.C8H9ClO.C6H4BrF3N2/c1-29-17-7-3-15(4-8-17)13-28(14-16-5-9-18(30-2)10-6-16)20-12-11-19(21(23)27-20)22(24,25)26;1-10-8-4-2-7(6-9)3-5-8;7-5-3(6(8,9)10)1-2-4(11)12-5/h3-12H,13-14H2,1-2H3;2-5H,6H2,1H3;1-2H,(H2,11,12). The summed E-state index contributed by atoms with van der Waals surface area (Å²) in [4.78, 5) is 9.50. The van der Waals surface area contributed by atoms with Crippen LogP contribution in [-0.2, 0) is 31.3 Å². The van der Waals surface area contributed by atoms with E-state index >= 15 is 0 Å². The van der Waals surface area contributed by atoms with E-state index in [0.29, 0.717) is 24.8 Å². The quantitative estimate of drug-likeness (QED) is 0.0897. The molecule has 0 fully saturated rings. The lowest BCUT2D eigenvalue weighted by molar-refractivity contribution is -0.139. The Hall–Kier alpha value is -4.21. The number of benzene rings is 3. The maximum Gasteiger partial charge on any atom is 0.419 e. The van der Waals surface area contributed by atoms with E-state index in [1.54, 1.807) is 21.3 Å². The van der Waals surface area contributed by atoms with Gasteiger partial charge in [-0.1, -0.05) is 36.4 Å². The van der Waals surface area contributed by atoms with Gasteiger partial charge in [-0.15, -0.1) is 11.6 Å². The molecule has 0 bridgehead atoms. The number of nitrogens with two attached hydrogens (primary N) is 1. The molecule has 5 rings (SSSR count). The van der Waals surface area contributed by atoms with Crippen molar-refractivity contribution in [3.05, 3.63) is 134 Å². The second-order valence-corrected chi connectivity index (χ2v) is 12.4. The second kappa shape index (κ2) is 19.6. The number of aromatic nitrogens is 2. The van der Waals surface area contributed by atoms with E-state index in [1.165, 1.54) is 6.07 Å². The van der Waals surface area contributed by atoms with Gasteiger partial charge >= 0.3 is 12.4 Å². The Morgan fingerprint density at radius 2 is 0.942 bits per heavy atom. The van der Waals surface area contributed by atoms with Crippen LogP contribution in [0.4, 0.5) is 38.0 Å². The normalized spacial score (nSPS) is 11.0. The Morgan fingerprint density at radius 1 is 0.577 bits per heavy atom. The van der Waals surface area contributed by atoms with Crippen molar-refractivity contribution < 1.29 is 40.6 Å². The third kappa shape index (κ3) is 13.1. The third-order valence-electron chi connectivity index (χ3n) is 7.02. The maximum absolute atomic E-state index is 13.1. The van der Waals surface area contributed by atoms with Gasteiger partial charge in [0.25, 0.3) is 0 Å². The van der Waals surface area contributed by atoms with Crippen LogP contribution in [0.15, 0.2) is 106 Å². The summed E-state index contributed by atoms with van der Waals surface area (Å²) < 4.78 is 90.4. The van der Waals surface area contributed by atoms with Crippen LogP contribution in [0.25, 0.3) is 0 Å². The van der Waals surface area contributed by atoms with Crippen molar-refractivity contribution in [2.45, 2.75) is 31.3 Å². The van der Waals surface area contributed by atoms with E-state index in [4.69, 9.17) is 31.5 Å². The molecule has 7 nitrogen and oxygen atoms in total. The number of nitrogens with zero attached hydrogens (tertiary/aromatic N) is 3. The predicted octanol–water partition coefficient (Wildman–Crippen LogP) is 11.0. The lowest BCUT2D eigenvalue weighted by atomic mass is 10.1. The number of methoxy groups -OCH3 is 3. The molecule has 0 radical (unpaired) electrons. The van der Waals surface area contributed by atoms with Gasteiger partial charge in [0, 0.05) is 19.0 Å². The number of ether oxygens (including phenoxy) is 3. The van der Waals surface area contributed by atoms with Crippen LogP contribution >= 0.6 is 43.5 Å². The Labute approximate surface area is 319 Å². The Bertz CT molecular complexity index is 1780. The molecule has 0 atom stereocenters. The fourth-order valence-electron chi connectivity index (χ4n) is 4.31. The first-order valence-corrected chi connectivity index (χ1v) is 17.1. The average molecular weight is 879 g/mol. The summed E-state index contributed by atoms with van der Waals surface area (Å²) in [6.45, 7) is 0.918. The van der Waals surface area contributed by atoms with Crippen molar-refractivity contribution in [1.29, 1.82) is 0 Å². The first kappa shape index (κ1) is 42.2. The zero-order valence-corrected chi connectivity index (χ0v) is 31.8. The highest BCUT2D eigenvalue weighted by atomic mass is 79.9. The molecule has 0 amide bonds. The first-order valence-electron chi connectivity index (χ1n) is 15.0. The van der Waals surface area contributed by atoms with E-state index in [0.717, 1.165) is 52.1 Å². The minimum atomic E-state index is -4.47. The number of hydrogen-bond acceptors (Lipinski definition) is 7. The summed E-state index contributed by atoms with van der Waals surface area (Å²) in [6, 6.07) is 27.2. The molecule has 2 aromatic heterocycles. The van der Waals surface area contributed by atoms with Crippen LogP contribution in [0.1, 0.15) is 27.8 Å². The van der Waals surface area contributed by atoms with E-state index in [9.17, 15) is 26.3 Å². The molecule has 0 aliphatic rings. The molecule has 3 aromatic carbocycles. The molecule has 16 heteroatoms. The SMILES string of the molecule is COc1ccc(CCl)cc1.COc1ccc(CN(Cc2ccc(OC)cc2)c2ccc(C(F)(F)F)c(Br)n2)cc1.Nc1ccc(C(F)(F)F)c(Br)n1. The number of halogens is 9. The van der Waals surface area contributed by atoms with Crippen LogP contribution in [-0.4, -0.2) is 31.3 Å². The molecular weight excluding hydrogens is 846 g/mol. The summed E-state index contributed by atoms with van der Waals surface area (Å²) in [7, 11) is 4.83. The highest BCUT2D eigenvalue weighted by molar-refractivity contribution is 9.10. The van der Waals surface area contributed by atoms with Gasteiger partial charge in [0.15, 0.2) is 0 Å². The zero-order chi connectivity index (χ0) is 38.5. The first-order chi connectivity index (χ1) is 24.6. The maximum atomic E-state index is 13.1. The van der Waals surface area contributed by atoms with Crippen LogP contribution in [0, 0.1) is 0 Å². The lowest BCUT2D eigenvalue weighted by Crippen LogP contribution is -2.23. The molecule has 0 spiro atoms. The third-order valence-corrected chi connectivity index (χ3v) is 8.54. The van der Waals surface area contributed by atoms with Crippen molar-refractivity contribution in [3.8, 4) is 17.2 Å². The van der Waals surface area contributed by atoms with Crippen LogP contribution < -0.4 is 24.8 Å². The molecule has 0 aliphatic heterocycles. The second-order valence-electron chi connectivity index (χ2n) is 10.6. The van der Waals surface area contributed by atoms with Crippen LogP contribution in [0.3, 0.4) is 0 Å². The predicted molar refractivity (Wildman–Crippen MR) is 197 cm³/mol. The average Bonchev–Trinajstić information content (AvgIpc) is 3.11. The van der Waals surface area contributed by atoms with E-state index in [2.05, 4.69) is 41.8 Å². The number of rotatable bonds is 9. The van der Waals surface area contributed by atoms with Crippen LogP contribution in [0.5, 0.6) is 17.2 Å². The molecule has 0 aliphatic carbocycles. The van der Waals surface area contributed by atoms with Gasteiger partial charge in [0.05, 0.1) is 32.5 Å². The molecule has 0 saturated carbocycles. The molecular formula is C36H33Br2ClF6N4O3. The molecule has 278 valence electrons. The van der Waals surface area contributed by atoms with Gasteiger partial charge in [0.1, 0.15) is 38.1 Å². The largest absolute Gasteiger partial charge is 0.497 e. The Kier molecular flexibility index (Phi) is 15.9. The highest BCUT2D eigenvalue weighted by Crippen LogP contribution is 2.36. The van der Waals surface area contributed by atoms with Gasteiger partial charge < -0.3 is 24.8 Å². The van der Waals surface area contributed by atoms with Gasteiger partial charge in [-0.05, 0) is 109 Å². The number of anilines is 2. The van der Waals surface area contributed by atoms with Crippen molar-refractivity contribution in [2.75, 3.05) is 32.0 Å². The molecule has 2 heterocycles. The smallest absolute Gasteiger partial charge is 0.419 e. The minimum Gasteiger partial charge on any atom is -0.497 e. The Morgan fingerprint density at radius 3 is 1.27 bits per heavy atom. The molecule has 5 aromatic rings. The van der Waals surface area contributed by atoms with Crippen molar-refractivity contribution in [3.63, 3.8) is 0 Å². The van der Waals surface area contributed by atoms with E-state index < -0.39 is 23.5 Å². The summed E-state index contributed by atoms with van der Waals surface area (Å²) in [5.41, 5.74) is 6.60. The van der Waals surface area contributed by atoms with Gasteiger partial charge in [0.2, 0.25) is 0 Å². The fraction of sp³-hybridized carbons (Fsp3) is 0.222. The van der Waals surface area contributed by atoms with Crippen molar-refractivity contribution in [1.82, 2.24) is 9.97 Å². The zero-order valence-electron chi connectivity index (χ0n) is 27.9. The van der Waals surface area contributed by atoms with E-state index in [1.807, 2.05) is 77.7 Å². The summed E-state index contributed by atoms with van der Waals surface area (Å²) in [6.07, 6.45) is -8.86. The Balaban J connectivity index is 0.000000269. The molecule has 0 saturated heterocycles. The summed E-state index contributed by atoms with van der Waals surface area (Å²) >= 11 is 11.2. The van der Waals surface area contributed by atoms with Gasteiger partial charge in [-0.3, -0.25) is 0 Å². The van der Waals surface area contributed by atoms with Gasteiger partial charge in [-0.25, -0.2) is 9.97 Å². The number of nitrogen functional groups attached to an aromatic ring is 1. The fourth-order valence-corrected chi connectivity index (χ4v) is 5.59. The molecule has 2 N–H and O–H groups in total. The number of pyridine rings is 2. The lowest BCUT2D eigenvalue weighted by Gasteiger charge is -2.25. The highest BCUT2D eigenvalue weighted by Gasteiger charge is 2.34. The van der Waals surface area contributed by atoms with Gasteiger partial charge in [-0.2, -0.15) is 26.3 Å². The van der Waals surface area contributed by atoms with E-state index in [-0.39, 0.29) is 15.0 Å². The number of alkyl halides is 7. The topological polar surface area (TPSA) is 82.7 Å². The van der Waals surface area contributed by atoms with Crippen molar-refractivity contribution >= 4 is 55.1 Å². The minimum absolute atomic E-state index is 0.0508. The number of hydrogen-bond donors (Lipinski definition) is 1.